The lowest BCUT2D eigenvalue weighted by Gasteiger charge is -2.34. The zero-order valence-corrected chi connectivity index (χ0v) is 16.8. The predicted molar refractivity (Wildman–Crippen MR) is 108 cm³/mol. The van der Waals surface area contributed by atoms with Crippen LogP contribution in [0.25, 0.3) is 0 Å². The van der Waals surface area contributed by atoms with Crippen LogP contribution in [0.15, 0.2) is 45.8 Å². The SMILES string of the molecule is Cn1ncc(NCCCN2CCN(Cc3ccccc3)CC2)c(Br)c1=O. The Morgan fingerprint density at radius 1 is 1.12 bits per heavy atom. The average Bonchev–Trinajstić information content (AvgIpc) is 2.67. The quantitative estimate of drug-likeness (QED) is 0.696. The molecule has 26 heavy (non-hydrogen) atoms. The van der Waals surface area contributed by atoms with Gasteiger partial charge < -0.3 is 10.2 Å². The highest BCUT2D eigenvalue weighted by molar-refractivity contribution is 9.10. The highest BCUT2D eigenvalue weighted by Crippen LogP contribution is 2.15. The monoisotopic (exact) mass is 419 g/mol. The fourth-order valence-corrected chi connectivity index (χ4v) is 3.67. The minimum atomic E-state index is -0.121. The number of anilines is 1. The standard InChI is InChI=1S/C19H26BrN5O/c1-23-19(26)18(20)17(14-22-23)21-8-5-9-24-10-12-25(13-11-24)15-16-6-3-2-4-7-16/h2-4,6-7,14,21H,5,8-13,15H2,1H3. The molecule has 1 aliphatic rings. The van der Waals surface area contributed by atoms with Gasteiger partial charge in [0.15, 0.2) is 0 Å². The predicted octanol–water partition coefficient (Wildman–Crippen LogP) is 2.16. The molecule has 140 valence electrons. The van der Waals surface area contributed by atoms with Gasteiger partial charge in [-0.1, -0.05) is 30.3 Å². The van der Waals surface area contributed by atoms with Gasteiger partial charge in [-0.2, -0.15) is 5.10 Å². The first-order valence-electron chi connectivity index (χ1n) is 9.08. The molecule has 1 aromatic heterocycles. The Morgan fingerprint density at radius 2 is 1.81 bits per heavy atom. The van der Waals surface area contributed by atoms with E-state index in [0.717, 1.165) is 57.9 Å². The zero-order chi connectivity index (χ0) is 18.4. The molecule has 0 amide bonds. The van der Waals surface area contributed by atoms with Crippen LogP contribution in [0.4, 0.5) is 5.69 Å². The van der Waals surface area contributed by atoms with E-state index in [1.165, 1.54) is 10.2 Å². The van der Waals surface area contributed by atoms with E-state index in [-0.39, 0.29) is 5.56 Å². The number of aromatic nitrogens is 2. The summed E-state index contributed by atoms with van der Waals surface area (Å²) in [6, 6.07) is 10.7. The molecule has 1 saturated heterocycles. The number of hydrogen-bond donors (Lipinski definition) is 1. The second-order valence-corrected chi connectivity index (χ2v) is 7.48. The Balaban J connectivity index is 1.35. The lowest BCUT2D eigenvalue weighted by molar-refractivity contribution is 0.127. The molecule has 0 bridgehead atoms. The van der Waals surface area contributed by atoms with Gasteiger partial charge in [-0.05, 0) is 34.5 Å². The van der Waals surface area contributed by atoms with Crippen molar-refractivity contribution in [3.05, 3.63) is 56.9 Å². The number of nitrogens with zero attached hydrogens (tertiary/aromatic N) is 4. The normalized spacial score (nSPS) is 15.9. The van der Waals surface area contributed by atoms with E-state index < -0.39 is 0 Å². The Labute approximate surface area is 162 Å². The smallest absolute Gasteiger partial charge is 0.282 e. The van der Waals surface area contributed by atoms with E-state index in [1.54, 1.807) is 13.2 Å². The largest absolute Gasteiger partial charge is 0.383 e. The first-order valence-corrected chi connectivity index (χ1v) is 9.87. The van der Waals surface area contributed by atoms with Gasteiger partial charge in [0.2, 0.25) is 0 Å². The summed E-state index contributed by atoms with van der Waals surface area (Å²) in [6.07, 6.45) is 2.73. The summed E-state index contributed by atoms with van der Waals surface area (Å²) >= 11 is 3.34. The molecule has 2 aromatic rings. The third kappa shape index (κ3) is 5.16. The van der Waals surface area contributed by atoms with Gasteiger partial charge in [0.05, 0.1) is 11.9 Å². The van der Waals surface area contributed by atoms with E-state index >= 15 is 0 Å². The summed E-state index contributed by atoms with van der Waals surface area (Å²) in [5.74, 6) is 0. The van der Waals surface area contributed by atoms with Crippen LogP contribution in [0.1, 0.15) is 12.0 Å². The Kier molecular flexibility index (Phi) is 6.82. The van der Waals surface area contributed by atoms with Gasteiger partial charge in [-0.15, -0.1) is 0 Å². The van der Waals surface area contributed by atoms with Gasteiger partial charge in [0, 0.05) is 46.3 Å². The number of rotatable bonds is 7. The molecule has 7 heteroatoms. The first-order chi connectivity index (χ1) is 12.6. The van der Waals surface area contributed by atoms with Crippen LogP contribution < -0.4 is 10.9 Å². The van der Waals surface area contributed by atoms with Gasteiger partial charge in [-0.25, -0.2) is 4.68 Å². The summed E-state index contributed by atoms with van der Waals surface area (Å²) in [4.78, 5) is 16.9. The minimum Gasteiger partial charge on any atom is -0.383 e. The summed E-state index contributed by atoms with van der Waals surface area (Å²) in [6.45, 7) is 7.41. The Morgan fingerprint density at radius 3 is 2.54 bits per heavy atom. The number of nitrogens with one attached hydrogen (secondary N) is 1. The molecular formula is C19H26BrN5O. The van der Waals surface area contributed by atoms with Crippen molar-refractivity contribution in [2.45, 2.75) is 13.0 Å². The second-order valence-electron chi connectivity index (χ2n) is 6.68. The van der Waals surface area contributed by atoms with Gasteiger partial charge >= 0.3 is 0 Å². The van der Waals surface area contributed by atoms with Crippen molar-refractivity contribution in [3.63, 3.8) is 0 Å². The second kappa shape index (κ2) is 9.30. The van der Waals surface area contributed by atoms with Crippen LogP contribution in [-0.4, -0.2) is 58.8 Å². The van der Waals surface area contributed by atoms with E-state index in [2.05, 4.69) is 66.5 Å². The highest BCUT2D eigenvalue weighted by atomic mass is 79.9. The molecular weight excluding hydrogens is 394 g/mol. The Bertz CT molecular complexity index is 756. The molecule has 2 heterocycles. The number of halogens is 1. The zero-order valence-electron chi connectivity index (χ0n) is 15.2. The molecule has 3 rings (SSSR count). The number of hydrogen-bond acceptors (Lipinski definition) is 5. The maximum Gasteiger partial charge on any atom is 0.282 e. The molecule has 1 fully saturated rings. The van der Waals surface area contributed by atoms with E-state index in [4.69, 9.17) is 0 Å². The lowest BCUT2D eigenvalue weighted by Crippen LogP contribution is -2.46. The molecule has 1 aromatic carbocycles. The molecule has 0 radical (unpaired) electrons. The molecule has 0 spiro atoms. The van der Waals surface area contributed by atoms with Gasteiger partial charge in [0.1, 0.15) is 4.47 Å². The Hall–Kier alpha value is -1.70. The van der Waals surface area contributed by atoms with E-state index in [0.29, 0.717) is 4.47 Å². The molecule has 6 nitrogen and oxygen atoms in total. The maximum atomic E-state index is 11.8. The van der Waals surface area contributed by atoms with Gasteiger partial charge in [-0.3, -0.25) is 9.69 Å². The fourth-order valence-electron chi connectivity index (χ4n) is 3.17. The third-order valence-electron chi connectivity index (χ3n) is 4.76. The van der Waals surface area contributed by atoms with Crippen molar-refractivity contribution >= 4 is 21.6 Å². The summed E-state index contributed by atoms with van der Waals surface area (Å²) in [7, 11) is 1.65. The third-order valence-corrected chi connectivity index (χ3v) is 5.53. The van der Waals surface area contributed by atoms with E-state index in [1.807, 2.05) is 0 Å². The number of piperazine rings is 1. The number of benzene rings is 1. The summed E-state index contributed by atoms with van der Waals surface area (Å²) in [5.41, 5.74) is 2.03. The van der Waals surface area contributed by atoms with Crippen molar-refractivity contribution in [1.82, 2.24) is 19.6 Å². The molecule has 0 atom stereocenters. The summed E-state index contributed by atoms with van der Waals surface area (Å²) in [5, 5.41) is 7.35. The van der Waals surface area contributed by atoms with Crippen molar-refractivity contribution in [2.24, 2.45) is 7.05 Å². The van der Waals surface area contributed by atoms with Crippen LogP contribution in [0.2, 0.25) is 0 Å². The van der Waals surface area contributed by atoms with Crippen molar-refractivity contribution in [3.8, 4) is 0 Å². The van der Waals surface area contributed by atoms with Crippen molar-refractivity contribution in [2.75, 3.05) is 44.6 Å². The molecule has 0 unspecified atom stereocenters. The fraction of sp³-hybridized carbons (Fsp3) is 0.474. The van der Waals surface area contributed by atoms with Crippen molar-refractivity contribution < 1.29 is 0 Å². The van der Waals surface area contributed by atoms with Crippen LogP contribution in [-0.2, 0) is 13.6 Å². The molecule has 1 aliphatic heterocycles. The number of aryl methyl sites for hydroxylation is 1. The van der Waals surface area contributed by atoms with Gasteiger partial charge in [0.25, 0.3) is 5.56 Å². The van der Waals surface area contributed by atoms with Crippen LogP contribution in [0, 0.1) is 0 Å². The summed E-state index contributed by atoms with van der Waals surface area (Å²) < 4.78 is 1.87. The average molecular weight is 420 g/mol. The van der Waals surface area contributed by atoms with Crippen molar-refractivity contribution in [1.29, 1.82) is 0 Å². The topological polar surface area (TPSA) is 53.4 Å². The van der Waals surface area contributed by atoms with E-state index in [9.17, 15) is 4.79 Å². The molecule has 0 aliphatic carbocycles. The molecule has 1 N–H and O–H groups in total. The highest BCUT2D eigenvalue weighted by Gasteiger charge is 2.16. The van der Waals surface area contributed by atoms with Crippen LogP contribution in [0.5, 0.6) is 0 Å². The minimum absolute atomic E-state index is 0.121. The maximum absolute atomic E-state index is 11.8. The van der Waals surface area contributed by atoms with Crippen LogP contribution >= 0.6 is 15.9 Å². The first kappa shape index (κ1) is 19.1. The lowest BCUT2D eigenvalue weighted by atomic mass is 10.2. The van der Waals surface area contributed by atoms with Crippen LogP contribution in [0.3, 0.4) is 0 Å². The molecule has 0 saturated carbocycles.